The molecule has 2 rings (SSSR count). The third kappa shape index (κ3) is 1.86. The molecule has 0 spiro atoms. The molecule has 0 aliphatic carbocycles. The molecule has 1 aliphatic rings. The fourth-order valence-electron chi connectivity index (χ4n) is 1.56. The van der Waals surface area contributed by atoms with Crippen molar-refractivity contribution in [3.63, 3.8) is 0 Å². The van der Waals surface area contributed by atoms with Gasteiger partial charge in [0.05, 0.1) is 11.4 Å². The minimum absolute atomic E-state index is 0.0931. The quantitative estimate of drug-likeness (QED) is 0.756. The first-order chi connectivity index (χ1) is 7.61. The Morgan fingerprint density at radius 2 is 2.31 bits per heavy atom. The predicted octanol–water partition coefficient (Wildman–Crippen LogP) is 1.35. The summed E-state index contributed by atoms with van der Waals surface area (Å²) in [4.78, 5) is 24.0. The van der Waals surface area contributed by atoms with Crippen molar-refractivity contribution < 1.29 is 14.0 Å². The number of rotatable bonds is 1. The van der Waals surface area contributed by atoms with Gasteiger partial charge in [-0.15, -0.1) is 11.6 Å². The molecule has 0 unspecified atom stereocenters. The highest BCUT2D eigenvalue weighted by Crippen LogP contribution is 2.30. The van der Waals surface area contributed by atoms with Gasteiger partial charge in [0, 0.05) is 0 Å². The summed E-state index contributed by atoms with van der Waals surface area (Å²) in [5, 5.41) is 2.49. The van der Waals surface area contributed by atoms with E-state index in [2.05, 4.69) is 5.32 Å². The lowest BCUT2D eigenvalue weighted by Gasteiger charge is -2.28. The van der Waals surface area contributed by atoms with Crippen molar-refractivity contribution in [1.29, 1.82) is 0 Å². The monoisotopic (exact) mass is 242 g/mol. The van der Waals surface area contributed by atoms with Gasteiger partial charge in [-0.25, -0.2) is 4.39 Å². The maximum absolute atomic E-state index is 13.0. The first kappa shape index (κ1) is 10.9. The minimum atomic E-state index is -0.473. The first-order valence-corrected chi connectivity index (χ1v) is 5.11. The van der Waals surface area contributed by atoms with Crippen LogP contribution in [0.2, 0.25) is 0 Å². The van der Waals surface area contributed by atoms with E-state index >= 15 is 0 Å². The highest BCUT2D eigenvalue weighted by Gasteiger charge is 2.26. The molecule has 0 fully saturated rings. The summed E-state index contributed by atoms with van der Waals surface area (Å²) >= 11 is 5.43. The number of nitrogens with one attached hydrogen (secondary N) is 1. The number of anilines is 2. The predicted molar refractivity (Wildman–Crippen MR) is 58.1 cm³/mol. The van der Waals surface area contributed by atoms with Gasteiger partial charge in [-0.05, 0) is 18.2 Å². The third-order valence-electron chi connectivity index (χ3n) is 2.24. The van der Waals surface area contributed by atoms with Crippen molar-refractivity contribution in [2.75, 3.05) is 22.6 Å². The Hall–Kier alpha value is -1.62. The van der Waals surface area contributed by atoms with Gasteiger partial charge in [-0.1, -0.05) is 0 Å². The fraction of sp³-hybridized carbons (Fsp3) is 0.200. The molecule has 84 valence electrons. The van der Waals surface area contributed by atoms with Crippen LogP contribution in [-0.2, 0) is 9.59 Å². The van der Waals surface area contributed by atoms with Crippen molar-refractivity contribution in [3.8, 4) is 0 Å². The Balaban J connectivity index is 2.45. The molecule has 16 heavy (non-hydrogen) atoms. The molecule has 6 heteroatoms. The molecule has 0 saturated heterocycles. The number of hydrogen-bond acceptors (Lipinski definition) is 2. The molecule has 0 atom stereocenters. The summed E-state index contributed by atoms with van der Waals surface area (Å²) in [5.41, 5.74) is 0.751. The maximum Gasteiger partial charge on any atom is 0.244 e. The summed E-state index contributed by atoms with van der Waals surface area (Å²) in [6, 6.07) is 3.83. The number of alkyl halides is 1. The molecule has 1 aromatic carbocycles. The van der Waals surface area contributed by atoms with Crippen LogP contribution in [0.3, 0.4) is 0 Å². The molecule has 2 amide bonds. The lowest BCUT2D eigenvalue weighted by molar-refractivity contribution is -0.120. The van der Waals surface area contributed by atoms with Crippen molar-refractivity contribution in [2.24, 2.45) is 0 Å². The number of amides is 2. The molecule has 0 radical (unpaired) electrons. The van der Waals surface area contributed by atoms with Gasteiger partial charge in [0.1, 0.15) is 18.2 Å². The summed E-state index contributed by atoms with van der Waals surface area (Å²) in [5.74, 6) is -1.44. The topological polar surface area (TPSA) is 49.4 Å². The largest absolute Gasteiger partial charge is 0.323 e. The zero-order chi connectivity index (χ0) is 11.7. The number of fused-ring (bicyclic) bond motifs is 1. The summed E-state index contributed by atoms with van der Waals surface area (Å²) < 4.78 is 13.0. The van der Waals surface area contributed by atoms with Gasteiger partial charge in [-0.2, -0.15) is 0 Å². The number of hydrogen-bond donors (Lipinski definition) is 1. The maximum atomic E-state index is 13.0. The lowest BCUT2D eigenvalue weighted by atomic mass is 10.2. The van der Waals surface area contributed by atoms with Crippen LogP contribution < -0.4 is 10.2 Å². The smallest absolute Gasteiger partial charge is 0.244 e. The fourth-order valence-corrected chi connectivity index (χ4v) is 1.70. The molecule has 1 aromatic rings. The van der Waals surface area contributed by atoms with E-state index in [1.807, 2.05) is 0 Å². The molecule has 1 aliphatic heterocycles. The van der Waals surface area contributed by atoms with Gasteiger partial charge < -0.3 is 5.32 Å². The lowest BCUT2D eigenvalue weighted by Crippen LogP contribution is -2.42. The highest BCUT2D eigenvalue weighted by atomic mass is 35.5. The Labute approximate surface area is 96.0 Å². The van der Waals surface area contributed by atoms with E-state index in [-0.39, 0.29) is 29.9 Å². The van der Waals surface area contributed by atoms with E-state index in [4.69, 9.17) is 11.6 Å². The van der Waals surface area contributed by atoms with E-state index in [0.717, 1.165) is 0 Å². The summed E-state index contributed by atoms with van der Waals surface area (Å²) in [7, 11) is 0. The van der Waals surface area contributed by atoms with Crippen LogP contribution in [0.4, 0.5) is 15.8 Å². The number of carbonyl (C=O) groups excluding carboxylic acids is 2. The zero-order valence-corrected chi connectivity index (χ0v) is 8.92. The van der Waals surface area contributed by atoms with Gasteiger partial charge in [-0.3, -0.25) is 14.5 Å². The third-order valence-corrected chi connectivity index (χ3v) is 2.47. The number of benzene rings is 1. The van der Waals surface area contributed by atoms with Crippen molar-refractivity contribution in [2.45, 2.75) is 0 Å². The highest BCUT2D eigenvalue weighted by molar-refractivity contribution is 6.30. The molecular formula is C10H8ClFN2O2. The van der Waals surface area contributed by atoms with Crippen LogP contribution >= 0.6 is 11.6 Å². The minimum Gasteiger partial charge on any atom is -0.323 e. The van der Waals surface area contributed by atoms with E-state index in [9.17, 15) is 14.0 Å². The van der Waals surface area contributed by atoms with Gasteiger partial charge in [0.15, 0.2) is 0 Å². The molecule has 4 nitrogen and oxygen atoms in total. The standard InChI is InChI=1S/C10H8ClFN2O2/c11-4-10(16)14-5-9(15)13-7-3-6(12)1-2-8(7)14/h1-3H,4-5H2,(H,13,15). The van der Waals surface area contributed by atoms with Crippen molar-refractivity contribution in [3.05, 3.63) is 24.0 Å². The molecule has 1 N–H and O–H groups in total. The summed E-state index contributed by atoms with van der Waals surface area (Å²) in [6.45, 7) is -0.0931. The van der Waals surface area contributed by atoms with Crippen LogP contribution in [-0.4, -0.2) is 24.2 Å². The average Bonchev–Trinajstić information content (AvgIpc) is 2.26. The average molecular weight is 243 g/mol. The number of carbonyl (C=O) groups is 2. The Morgan fingerprint density at radius 1 is 1.56 bits per heavy atom. The summed E-state index contributed by atoms with van der Waals surface area (Å²) in [6.07, 6.45) is 0. The van der Waals surface area contributed by atoms with Gasteiger partial charge in [0.2, 0.25) is 11.8 Å². The SMILES string of the molecule is O=C1CN(C(=O)CCl)c2ccc(F)cc2N1. The first-order valence-electron chi connectivity index (χ1n) is 4.57. The van der Waals surface area contributed by atoms with Gasteiger partial charge >= 0.3 is 0 Å². The molecule has 1 heterocycles. The van der Waals surface area contributed by atoms with Crippen molar-refractivity contribution in [1.82, 2.24) is 0 Å². The van der Waals surface area contributed by atoms with Crippen LogP contribution in [0.5, 0.6) is 0 Å². The molecule has 0 saturated carbocycles. The Morgan fingerprint density at radius 3 is 3.00 bits per heavy atom. The van der Waals surface area contributed by atoms with Crippen molar-refractivity contribution >= 4 is 34.8 Å². The Bertz CT molecular complexity index is 464. The normalized spacial score (nSPS) is 14.4. The molecule has 0 aromatic heterocycles. The number of nitrogens with zero attached hydrogens (tertiary/aromatic N) is 1. The second-order valence-electron chi connectivity index (χ2n) is 3.32. The molecule has 0 bridgehead atoms. The van der Waals surface area contributed by atoms with E-state index in [0.29, 0.717) is 5.69 Å². The zero-order valence-electron chi connectivity index (χ0n) is 8.17. The molecular weight excluding hydrogens is 235 g/mol. The van der Waals surface area contributed by atoms with Crippen LogP contribution in [0, 0.1) is 5.82 Å². The van der Waals surface area contributed by atoms with E-state index in [1.165, 1.54) is 23.1 Å². The van der Waals surface area contributed by atoms with Crippen LogP contribution in [0.1, 0.15) is 0 Å². The second kappa shape index (κ2) is 4.09. The van der Waals surface area contributed by atoms with Crippen LogP contribution in [0.15, 0.2) is 18.2 Å². The Kier molecular flexibility index (Phi) is 2.78. The van der Waals surface area contributed by atoms with E-state index < -0.39 is 5.82 Å². The second-order valence-corrected chi connectivity index (χ2v) is 3.59. The number of halogens is 2. The van der Waals surface area contributed by atoms with E-state index in [1.54, 1.807) is 0 Å². The van der Waals surface area contributed by atoms with Gasteiger partial charge in [0.25, 0.3) is 0 Å². The van der Waals surface area contributed by atoms with Crippen LogP contribution in [0.25, 0.3) is 0 Å².